The van der Waals surface area contributed by atoms with E-state index in [0.29, 0.717) is 11.5 Å². The number of nitrogens with one attached hydrogen (secondary N) is 2. The lowest BCUT2D eigenvalue weighted by atomic mass is 10.2. The van der Waals surface area contributed by atoms with Crippen LogP contribution in [0.3, 0.4) is 0 Å². The van der Waals surface area contributed by atoms with Crippen molar-refractivity contribution in [1.29, 1.82) is 0 Å². The number of nitrogens with zero attached hydrogens (tertiary/aromatic N) is 2. The number of pyridine rings is 2. The second-order valence-corrected chi connectivity index (χ2v) is 4.49. The molecule has 0 radical (unpaired) electrons. The number of hydrogen-bond donors (Lipinski definition) is 2. The molecule has 0 spiro atoms. The summed E-state index contributed by atoms with van der Waals surface area (Å²) in [5, 5.41) is 6.70. The van der Waals surface area contributed by atoms with Crippen LogP contribution in [-0.4, -0.2) is 22.9 Å². The van der Waals surface area contributed by atoms with E-state index in [-0.39, 0.29) is 5.91 Å². The fourth-order valence-corrected chi connectivity index (χ4v) is 2.10. The van der Waals surface area contributed by atoms with E-state index < -0.39 is 0 Å². The number of fused-ring (bicyclic) bond motifs is 1. The first kappa shape index (κ1) is 13.1. The van der Waals surface area contributed by atoms with E-state index in [0.717, 1.165) is 16.6 Å². The quantitative estimate of drug-likeness (QED) is 0.773. The molecule has 2 N–H and O–H groups in total. The molecule has 0 aliphatic carbocycles. The lowest BCUT2D eigenvalue weighted by Crippen LogP contribution is -2.14. The van der Waals surface area contributed by atoms with Gasteiger partial charge in [0.1, 0.15) is 11.5 Å². The molecular formula is C16H14N4O. The van der Waals surface area contributed by atoms with Crippen LogP contribution in [0.2, 0.25) is 0 Å². The second-order valence-electron chi connectivity index (χ2n) is 4.49. The highest BCUT2D eigenvalue weighted by molar-refractivity contribution is 6.07. The van der Waals surface area contributed by atoms with Gasteiger partial charge in [0.2, 0.25) is 0 Å². The average Bonchev–Trinajstić information content (AvgIpc) is 2.55. The lowest BCUT2D eigenvalue weighted by Gasteiger charge is -2.08. The standard InChI is InChI=1S/C16H14N4O/c1-17-15-9-3-8-14(19-15)16(21)20-13-7-2-6-12-11(13)5-4-10-18-12/h2-10H,1H3,(H,17,19)(H,20,21). The van der Waals surface area contributed by atoms with Crippen molar-refractivity contribution in [2.75, 3.05) is 17.7 Å². The summed E-state index contributed by atoms with van der Waals surface area (Å²) in [7, 11) is 1.76. The third-order valence-corrected chi connectivity index (χ3v) is 3.13. The van der Waals surface area contributed by atoms with Crippen LogP contribution in [-0.2, 0) is 0 Å². The van der Waals surface area contributed by atoms with Gasteiger partial charge >= 0.3 is 0 Å². The Bertz CT molecular complexity index is 796. The fourth-order valence-electron chi connectivity index (χ4n) is 2.10. The van der Waals surface area contributed by atoms with Gasteiger partial charge in [-0.3, -0.25) is 9.78 Å². The van der Waals surface area contributed by atoms with Crippen LogP contribution in [0.4, 0.5) is 11.5 Å². The zero-order valence-electron chi connectivity index (χ0n) is 11.5. The van der Waals surface area contributed by atoms with Gasteiger partial charge in [-0.05, 0) is 36.4 Å². The van der Waals surface area contributed by atoms with E-state index in [1.165, 1.54) is 0 Å². The van der Waals surface area contributed by atoms with E-state index in [1.54, 1.807) is 31.4 Å². The van der Waals surface area contributed by atoms with Crippen molar-refractivity contribution in [3.8, 4) is 0 Å². The van der Waals surface area contributed by atoms with Crippen LogP contribution in [0.25, 0.3) is 10.9 Å². The summed E-state index contributed by atoms with van der Waals surface area (Å²) in [6.07, 6.45) is 1.73. The minimum atomic E-state index is -0.247. The molecule has 5 nitrogen and oxygen atoms in total. The maximum absolute atomic E-state index is 12.3. The van der Waals surface area contributed by atoms with Gasteiger partial charge in [0.25, 0.3) is 5.91 Å². The molecule has 0 fully saturated rings. The van der Waals surface area contributed by atoms with E-state index >= 15 is 0 Å². The third-order valence-electron chi connectivity index (χ3n) is 3.13. The first-order valence-electron chi connectivity index (χ1n) is 6.58. The maximum atomic E-state index is 12.3. The van der Waals surface area contributed by atoms with Crippen LogP contribution in [0, 0.1) is 0 Å². The van der Waals surface area contributed by atoms with E-state index in [9.17, 15) is 4.79 Å². The van der Waals surface area contributed by atoms with Gasteiger partial charge in [-0.2, -0.15) is 0 Å². The SMILES string of the molecule is CNc1cccc(C(=O)Nc2cccc3ncccc23)n1. The first-order chi connectivity index (χ1) is 10.3. The van der Waals surface area contributed by atoms with Crippen LogP contribution in [0.1, 0.15) is 10.5 Å². The Kier molecular flexibility index (Phi) is 3.47. The highest BCUT2D eigenvalue weighted by atomic mass is 16.1. The number of hydrogen-bond acceptors (Lipinski definition) is 4. The van der Waals surface area contributed by atoms with Gasteiger partial charge in [-0.1, -0.05) is 12.1 Å². The summed E-state index contributed by atoms with van der Waals surface area (Å²) in [6.45, 7) is 0. The number of carbonyl (C=O) groups is 1. The van der Waals surface area contributed by atoms with Crippen molar-refractivity contribution < 1.29 is 4.79 Å². The second kappa shape index (κ2) is 5.58. The van der Waals surface area contributed by atoms with Crippen LogP contribution in [0.5, 0.6) is 0 Å². The van der Waals surface area contributed by atoms with Crippen molar-refractivity contribution in [2.24, 2.45) is 0 Å². The summed E-state index contributed by atoms with van der Waals surface area (Å²) in [6, 6.07) is 14.7. The number of carbonyl (C=O) groups excluding carboxylic acids is 1. The van der Waals surface area contributed by atoms with Gasteiger partial charge in [0, 0.05) is 18.6 Å². The Balaban J connectivity index is 1.93. The number of anilines is 2. The largest absolute Gasteiger partial charge is 0.373 e. The Morgan fingerprint density at radius 2 is 1.90 bits per heavy atom. The molecule has 1 amide bonds. The predicted molar refractivity (Wildman–Crippen MR) is 83.5 cm³/mol. The van der Waals surface area contributed by atoms with E-state index in [4.69, 9.17) is 0 Å². The molecular weight excluding hydrogens is 264 g/mol. The Morgan fingerprint density at radius 3 is 2.76 bits per heavy atom. The molecule has 104 valence electrons. The molecule has 0 bridgehead atoms. The Morgan fingerprint density at radius 1 is 1.05 bits per heavy atom. The first-order valence-corrected chi connectivity index (χ1v) is 6.58. The maximum Gasteiger partial charge on any atom is 0.274 e. The molecule has 5 heteroatoms. The van der Waals surface area contributed by atoms with Gasteiger partial charge in [-0.25, -0.2) is 4.98 Å². The number of benzene rings is 1. The number of amides is 1. The third kappa shape index (κ3) is 2.67. The Labute approximate surface area is 122 Å². The molecule has 21 heavy (non-hydrogen) atoms. The van der Waals surface area contributed by atoms with Crippen molar-refractivity contribution in [3.63, 3.8) is 0 Å². The zero-order chi connectivity index (χ0) is 14.7. The minimum Gasteiger partial charge on any atom is -0.373 e. The molecule has 3 aromatic rings. The van der Waals surface area contributed by atoms with Gasteiger partial charge in [0.05, 0.1) is 11.2 Å². The number of rotatable bonds is 3. The number of aromatic nitrogens is 2. The van der Waals surface area contributed by atoms with Crippen LogP contribution >= 0.6 is 0 Å². The summed E-state index contributed by atoms with van der Waals surface area (Å²) in [5.74, 6) is 0.408. The van der Waals surface area contributed by atoms with Crippen molar-refractivity contribution in [1.82, 2.24) is 9.97 Å². The topological polar surface area (TPSA) is 66.9 Å². The summed E-state index contributed by atoms with van der Waals surface area (Å²) in [4.78, 5) is 20.8. The molecule has 3 rings (SSSR count). The summed E-state index contributed by atoms with van der Waals surface area (Å²) in [5.41, 5.74) is 1.93. The normalized spacial score (nSPS) is 10.3. The van der Waals surface area contributed by atoms with Crippen molar-refractivity contribution >= 4 is 28.3 Å². The Hall–Kier alpha value is -2.95. The molecule has 0 saturated carbocycles. The van der Waals surface area contributed by atoms with E-state index in [2.05, 4.69) is 20.6 Å². The zero-order valence-corrected chi connectivity index (χ0v) is 11.5. The predicted octanol–water partition coefficient (Wildman–Crippen LogP) is 2.92. The molecule has 0 saturated heterocycles. The molecule has 1 aromatic carbocycles. The smallest absolute Gasteiger partial charge is 0.274 e. The van der Waals surface area contributed by atoms with Crippen molar-refractivity contribution in [3.05, 3.63) is 60.4 Å². The highest BCUT2D eigenvalue weighted by Crippen LogP contribution is 2.21. The molecule has 0 atom stereocenters. The fraction of sp³-hybridized carbons (Fsp3) is 0.0625. The lowest BCUT2D eigenvalue weighted by molar-refractivity contribution is 0.102. The highest BCUT2D eigenvalue weighted by Gasteiger charge is 2.10. The summed E-state index contributed by atoms with van der Waals surface area (Å²) >= 11 is 0. The monoisotopic (exact) mass is 278 g/mol. The summed E-state index contributed by atoms with van der Waals surface area (Å²) < 4.78 is 0. The van der Waals surface area contributed by atoms with Crippen molar-refractivity contribution in [2.45, 2.75) is 0 Å². The minimum absolute atomic E-state index is 0.247. The average molecular weight is 278 g/mol. The molecule has 0 aliphatic heterocycles. The van der Waals surface area contributed by atoms with Crippen LogP contribution in [0.15, 0.2) is 54.7 Å². The molecule has 0 aliphatic rings. The van der Waals surface area contributed by atoms with Gasteiger partial charge in [0.15, 0.2) is 0 Å². The molecule has 2 heterocycles. The van der Waals surface area contributed by atoms with Crippen LogP contribution < -0.4 is 10.6 Å². The molecule has 0 unspecified atom stereocenters. The van der Waals surface area contributed by atoms with Gasteiger partial charge < -0.3 is 10.6 Å². The molecule has 2 aromatic heterocycles. The van der Waals surface area contributed by atoms with E-state index in [1.807, 2.05) is 30.3 Å². The van der Waals surface area contributed by atoms with Gasteiger partial charge in [-0.15, -0.1) is 0 Å².